The van der Waals surface area contributed by atoms with Crippen LogP contribution in [-0.2, 0) is 26.3 Å². The first-order chi connectivity index (χ1) is 22.3. The van der Waals surface area contributed by atoms with Crippen molar-refractivity contribution in [1.82, 2.24) is 4.90 Å². The molecule has 0 atom stereocenters. The third kappa shape index (κ3) is 8.52. The third-order valence-corrected chi connectivity index (χ3v) is 7.25. The van der Waals surface area contributed by atoms with Crippen LogP contribution in [0.3, 0.4) is 0 Å². The summed E-state index contributed by atoms with van der Waals surface area (Å²) >= 11 is 0. The van der Waals surface area contributed by atoms with E-state index in [1.807, 2.05) is 20.8 Å². The summed E-state index contributed by atoms with van der Waals surface area (Å²) in [5.74, 6) is -4.80. The Morgan fingerprint density at radius 3 is 2.10 bits per heavy atom. The summed E-state index contributed by atoms with van der Waals surface area (Å²) in [6, 6.07) is 4.85. The minimum atomic E-state index is -5.08. The van der Waals surface area contributed by atoms with Crippen LogP contribution in [0.15, 0.2) is 18.2 Å². The topological polar surface area (TPSA) is 167 Å². The highest BCUT2D eigenvalue weighted by Gasteiger charge is 2.38. The molecule has 3 N–H and O–H groups in total. The number of hydrogen-bond acceptors (Lipinski definition) is 8. The van der Waals surface area contributed by atoms with E-state index in [9.17, 15) is 32.7 Å². The van der Waals surface area contributed by atoms with Gasteiger partial charge in [-0.3, -0.25) is 15.0 Å². The van der Waals surface area contributed by atoms with Crippen LogP contribution in [0.1, 0.15) is 74.5 Å². The molecule has 0 unspecified atom stereocenters. The van der Waals surface area contributed by atoms with E-state index in [0.29, 0.717) is 42.8 Å². The zero-order chi connectivity index (χ0) is 36.1. The van der Waals surface area contributed by atoms with Gasteiger partial charge in [0.15, 0.2) is 29.7 Å². The maximum atomic E-state index is 15.5. The number of aliphatic carboxylic acids is 2. The van der Waals surface area contributed by atoms with Gasteiger partial charge in [-0.05, 0) is 49.4 Å². The molecule has 2 heterocycles. The fourth-order valence-electron chi connectivity index (χ4n) is 5.14. The Kier molecular flexibility index (Phi) is 11.7. The van der Waals surface area contributed by atoms with Crippen LogP contribution in [0.25, 0.3) is 0 Å². The van der Waals surface area contributed by atoms with E-state index in [0.717, 1.165) is 0 Å². The van der Waals surface area contributed by atoms with Gasteiger partial charge in [0, 0.05) is 30.6 Å². The lowest BCUT2D eigenvalue weighted by molar-refractivity contribution is -0.192. The Morgan fingerprint density at radius 1 is 0.979 bits per heavy atom. The SMILES string of the molecule is CCOc1cc2c(c(F)c1OCC)C(=N)N(CC(=O)c1cc(N3CCCC3=O)c(OCC(=O)O)c(C(C)(C)C)c1)C2.O=C(O)C(F)(F)F. The fourth-order valence-corrected chi connectivity index (χ4v) is 5.14. The van der Waals surface area contributed by atoms with Gasteiger partial charge in [-0.2, -0.15) is 13.2 Å². The van der Waals surface area contributed by atoms with Crippen molar-refractivity contribution in [3.63, 3.8) is 0 Å². The number of nitrogens with one attached hydrogen (secondary N) is 1. The normalized spacial score (nSPS) is 14.4. The van der Waals surface area contributed by atoms with Crippen molar-refractivity contribution >= 4 is 35.2 Å². The zero-order valence-electron chi connectivity index (χ0n) is 27.0. The first kappa shape index (κ1) is 37.6. The van der Waals surface area contributed by atoms with E-state index in [-0.39, 0.29) is 65.6 Å². The average Bonchev–Trinajstić information content (AvgIpc) is 3.55. The second-order valence-electron chi connectivity index (χ2n) is 11.8. The third-order valence-electron chi connectivity index (χ3n) is 7.25. The highest BCUT2D eigenvalue weighted by atomic mass is 19.4. The number of carboxylic acid groups (broad SMARTS) is 2. The first-order valence-corrected chi connectivity index (χ1v) is 14.9. The number of amidine groups is 1. The van der Waals surface area contributed by atoms with Gasteiger partial charge in [-0.25, -0.2) is 14.0 Å². The van der Waals surface area contributed by atoms with E-state index >= 15 is 4.39 Å². The van der Waals surface area contributed by atoms with Crippen LogP contribution < -0.4 is 19.1 Å². The maximum absolute atomic E-state index is 15.5. The van der Waals surface area contributed by atoms with Crippen molar-refractivity contribution in [1.29, 1.82) is 5.41 Å². The predicted molar refractivity (Wildman–Crippen MR) is 164 cm³/mol. The van der Waals surface area contributed by atoms with E-state index in [4.69, 9.17) is 29.5 Å². The molecule has 0 saturated carbocycles. The number of Topliss-reactive ketones (excluding diaryl/α,β-unsaturated/α-hetero) is 1. The minimum Gasteiger partial charge on any atom is -0.490 e. The number of hydrogen-bond donors (Lipinski definition) is 3. The molecular weight excluding hydrogens is 646 g/mol. The number of alkyl halides is 3. The number of carbonyl (C=O) groups excluding carboxylic acids is 2. The van der Waals surface area contributed by atoms with Crippen LogP contribution in [-0.4, -0.2) is 83.7 Å². The molecule has 0 aromatic heterocycles. The maximum Gasteiger partial charge on any atom is 0.490 e. The Balaban J connectivity index is 0.000000804. The van der Waals surface area contributed by atoms with Crippen molar-refractivity contribution < 1.29 is 61.2 Å². The highest BCUT2D eigenvalue weighted by Crippen LogP contribution is 2.43. The van der Waals surface area contributed by atoms with Crippen LogP contribution in [0.2, 0.25) is 0 Å². The standard InChI is InChI=1S/C30H36FN3O7.C2HF3O2/c1-6-39-22-13-18-14-33(29(32)25(18)26(31)28(22)40-7-2)15-21(35)17-11-19(30(3,4)5)27(41-16-24(37)38)20(12-17)34-10-8-9-23(34)36;3-2(4,5)1(6)7/h11-13,32H,6-10,14-16H2,1-5H3,(H,37,38);(H,6,7). The smallest absolute Gasteiger partial charge is 0.490 e. The highest BCUT2D eigenvalue weighted by molar-refractivity contribution is 6.07. The molecule has 0 bridgehead atoms. The summed E-state index contributed by atoms with van der Waals surface area (Å²) in [5.41, 5.74) is 1.23. The Hall–Kier alpha value is -4.89. The lowest BCUT2D eigenvalue weighted by Crippen LogP contribution is -2.31. The predicted octanol–water partition coefficient (Wildman–Crippen LogP) is 5.17. The van der Waals surface area contributed by atoms with E-state index in [1.54, 1.807) is 32.0 Å². The number of carboxylic acids is 2. The van der Waals surface area contributed by atoms with Crippen LogP contribution >= 0.6 is 0 Å². The monoisotopic (exact) mass is 683 g/mol. The number of benzene rings is 2. The van der Waals surface area contributed by atoms with Crippen LogP contribution in [0, 0.1) is 11.2 Å². The summed E-state index contributed by atoms with van der Waals surface area (Å²) in [6.45, 7) is 9.47. The summed E-state index contributed by atoms with van der Waals surface area (Å²) in [7, 11) is 0. The van der Waals surface area contributed by atoms with Crippen molar-refractivity contribution in [2.45, 2.75) is 65.6 Å². The molecule has 48 heavy (non-hydrogen) atoms. The second-order valence-corrected chi connectivity index (χ2v) is 11.8. The average molecular weight is 684 g/mol. The molecule has 0 radical (unpaired) electrons. The molecule has 4 rings (SSSR count). The van der Waals surface area contributed by atoms with Gasteiger partial charge in [-0.15, -0.1) is 0 Å². The zero-order valence-corrected chi connectivity index (χ0v) is 27.0. The van der Waals surface area contributed by atoms with Gasteiger partial charge in [0.2, 0.25) is 5.91 Å². The molecule has 1 saturated heterocycles. The number of ether oxygens (including phenoxy) is 3. The fraction of sp³-hybridized carbons (Fsp3) is 0.469. The number of halogens is 4. The molecule has 0 spiro atoms. The number of amides is 1. The number of ketones is 1. The molecule has 262 valence electrons. The Morgan fingerprint density at radius 2 is 1.60 bits per heavy atom. The van der Waals surface area contributed by atoms with Gasteiger partial charge in [0.05, 0.1) is 31.0 Å². The summed E-state index contributed by atoms with van der Waals surface area (Å²) in [6.07, 6.45) is -4.12. The summed E-state index contributed by atoms with van der Waals surface area (Å²) in [4.78, 5) is 49.7. The largest absolute Gasteiger partial charge is 0.490 e. The number of nitrogens with zero attached hydrogens (tertiary/aromatic N) is 2. The molecule has 1 amide bonds. The van der Waals surface area contributed by atoms with E-state index < -0.39 is 36.0 Å². The van der Waals surface area contributed by atoms with E-state index in [2.05, 4.69) is 0 Å². The molecule has 16 heteroatoms. The Bertz CT molecular complexity index is 1600. The molecule has 2 aromatic rings. The number of rotatable bonds is 11. The molecule has 0 aliphatic carbocycles. The van der Waals surface area contributed by atoms with Gasteiger partial charge < -0.3 is 34.2 Å². The van der Waals surface area contributed by atoms with Crippen molar-refractivity contribution in [2.75, 3.05) is 37.8 Å². The van der Waals surface area contributed by atoms with Crippen molar-refractivity contribution in [3.05, 3.63) is 46.3 Å². The minimum absolute atomic E-state index is 0.0577. The van der Waals surface area contributed by atoms with Gasteiger partial charge >= 0.3 is 18.1 Å². The van der Waals surface area contributed by atoms with Crippen LogP contribution in [0.4, 0.5) is 23.2 Å². The lowest BCUT2D eigenvalue weighted by atomic mass is 9.84. The number of fused-ring (bicyclic) bond motifs is 1. The Labute approximate surface area is 273 Å². The van der Waals surface area contributed by atoms with E-state index in [1.165, 1.54) is 9.80 Å². The summed E-state index contributed by atoms with van der Waals surface area (Å²) in [5, 5.41) is 25.1. The van der Waals surface area contributed by atoms with Gasteiger partial charge in [0.1, 0.15) is 11.6 Å². The first-order valence-electron chi connectivity index (χ1n) is 14.9. The number of anilines is 1. The molecule has 2 aromatic carbocycles. The number of carbonyl (C=O) groups is 4. The lowest BCUT2D eigenvalue weighted by Gasteiger charge is -2.28. The van der Waals surface area contributed by atoms with Crippen molar-refractivity contribution in [2.24, 2.45) is 0 Å². The van der Waals surface area contributed by atoms with Gasteiger partial charge in [-0.1, -0.05) is 20.8 Å². The molecule has 2 aliphatic heterocycles. The van der Waals surface area contributed by atoms with Crippen molar-refractivity contribution in [3.8, 4) is 17.2 Å². The summed E-state index contributed by atoms with van der Waals surface area (Å²) < 4.78 is 64.0. The second kappa shape index (κ2) is 14.9. The molecular formula is C32H37F4N3O9. The molecule has 1 fully saturated rings. The van der Waals surface area contributed by atoms with Crippen LogP contribution in [0.5, 0.6) is 17.2 Å². The van der Waals surface area contributed by atoms with Gasteiger partial charge in [0.25, 0.3) is 0 Å². The quantitative estimate of drug-likeness (QED) is 0.213. The molecule has 2 aliphatic rings. The molecule has 12 nitrogen and oxygen atoms in total.